The highest BCUT2D eigenvalue weighted by molar-refractivity contribution is 5.99. The molecule has 1 aliphatic rings. The molecule has 3 aromatic rings. The van der Waals surface area contributed by atoms with Crippen LogP contribution in [0.3, 0.4) is 0 Å². The normalized spacial score (nSPS) is 15.4. The fraction of sp³-hybridized carbons (Fsp3) is 0.300. The van der Waals surface area contributed by atoms with E-state index in [1.165, 1.54) is 0 Å². The molecule has 2 aromatic heterocycles. The lowest BCUT2D eigenvalue weighted by molar-refractivity contribution is 0.0664. The maximum absolute atomic E-state index is 13.2. The van der Waals surface area contributed by atoms with Crippen LogP contribution in [0.4, 0.5) is 0 Å². The van der Waals surface area contributed by atoms with Crippen molar-refractivity contribution in [1.82, 2.24) is 19.6 Å². The number of rotatable bonds is 3. The monoisotopic (exact) mass is 350 g/mol. The first-order valence-electron chi connectivity index (χ1n) is 8.81. The molecule has 0 atom stereocenters. The van der Waals surface area contributed by atoms with E-state index in [4.69, 9.17) is 4.42 Å². The first-order valence-corrected chi connectivity index (χ1v) is 8.81. The summed E-state index contributed by atoms with van der Waals surface area (Å²) in [5.74, 6) is 1.42. The van der Waals surface area contributed by atoms with E-state index in [9.17, 15) is 4.79 Å². The topological polar surface area (TPSA) is 54.5 Å². The van der Waals surface area contributed by atoms with E-state index < -0.39 is 0 Å². The van der Waals surface area contributed by atoms with E-state index in [-0.39, 0.29) is 5.91 Å². The highest BCUT2D eigenvalue weighted by Crippen LogP contribution is 2.27. The first kappa shape index (κ1) is 16.6. The molecule has 0 saturated carbocycles. The van der Waals surface area contributed by atoms with Crippen LogP contribution in [-0.4, -0.2) is 58.7 Å². The number of aromatic nitrogens is 2. The Hall–Kier alpha value is -2.86. The molecular formula is C20H22N4O2. The number of carbonyl (C=O) groups is 1. The average molecular weight is 350 g/mol. The highest BCUT2D eigenvalue weighted by atomic mass is 16.3. The minimum Gasteiger partial charge on any atom is -0.460 e. The van der Waals surface area contributed by atoms with Crippen LogP contribution in [0.25, 0.3) is 17.1 Å². The third kappa shape index (κ3) is 3.15. The average Bonchev–Trinajstić information content (AvgIpc) is 3.29. The van der Waals surface area contributed by atoms with Crippen LogP contribution in [0.5, 0.6) is 0 Å². The van der Waals surface area contributed by atoms with E-state index in [0.717, 1.165) is 37.6 Å². The maximum Gasteiger partial charge on any atom is 0.257 e. The van der Waals surface area contributed by atoms with Crippen LogP contribution in [0, 0.1) is 6.92 Å². The first-order chi connectivity index (χ1) is 12.6. The number of benzene rings is 1. The predicted octanol–water partition coefficient (Wildman–Crippen LogP) is 2.83. The number of aryl methyl sites for hydroxylation is 1. The summed E-state index contributed by atoms with van der Waals surface area (Å²) in [6.07, 6.45) is 1.81. The third-order valence-electron chi connectivity index (χ3n) is 4.73. The van der Waals surface area contributed by atoms with Gasteiger partial charge in [0.1, 0.15) is 11.5 Å². The second kappa shape index (κ2) is 6.80. The van der Waals surface area contributed by atoms with Crippen LogP contribution >= 0.6 is 0 Å². The molecule has 0 spiro atoms. The van der Waals surface area contributed by atoms with Gasteiger partial charge < -0.3 is 14.2 Å². The maximum atomic E-state index is 13.2. The van der Waals surface area contributed by atoms with Crippen molar-refractivity contribution < 1.29 is 9.21 Å². The molecule has 26 heavy (non-hydrogen) atoms. The molecule has 0 aliphatic carbocycles. The fourth-order valence-electron chi connectivity index (χ4n) is 3.17. The SMILES string of the molecule is Cc1ccc(-c2nn(-c3ccccc3)cc2C(=O)N2CCN(C)CC2)o1. The number of para-hydroxylation sites is 1. The van der Waals surface area contributed by atoms with Crippen molar-refractivity contribution in [2.45, 2.75) is 6.92 Å². The zero-order valence-electron chi connectivity index (χ0n) is 15.1. The summed E-state index contributed by atoms with van der Waals surface area (Å²) in [5.41, 5.74) is 2.08. The predicted molar refractivity (Wildman–Crippen MR) is 99.4 cm³/mol. The van der Waals surface area contributed by atoms with Crippen LogP contribution in [-0.2, 0) is 0 Å². The standard InChI is InChI=1S/C20H22N4O2/c1-15-8-9-18(26-15)19-17(20(25)23-12-10-22(2)11-13-23)14-24(21-19)16-6-4-3-5-7-16/h3-9,14H,10-13H2,1-2H3. The number of hydrogen-bond acceptors (Lipinski definition) is 4. The van der Waals surface area contributed by atoms with Gasteiger partial charge in [0.05, 0.1) is 11.3 Å². The Balaban J connectivity index is 1.74. The molecule has 6 nitrogen and oxygen atoms in total. The summed E-state index contributed by atoms with van der Waals surface area (Å²) in [5, 5.41) is 4.66. The molecule has 0 unspecified atom stereocenters. The van der Waals surface area contributed by atoms with Crippen molar-refractivity contribution in [3.05, 3.63) is 60.0 Å². The molecule has 0 radical (unpaired) electrons. The van der Waals surface area contributed by atoms with E-state index in [1.54, 1.807) is 4.68 Å². The lowest BCUT2D eigenvalue weighted by atomic mass is 10.1. The number of amides is 1. The van der Waals surface area contributed by atoms with Gasteiger partial charge in [-0.3, -0.25) is 4.79 Å². The van der Waals surface area contributed by atoms with Crippen LogP contribution in [0.1, 0.15) is 16.1 Å². The number of likely N-dealkylation sites (N-methyl/N-ethyl adjacent to an activating group) is 1. The van der Waals surface area contributed by atoms with Gasteiger partial charge in [-0.25, -0.2) is 4.68 Å². The largest absolute Gasteiger partial charge is 0.460 e. The summed E-state index contributed by atoms with van der Waals surface area (Å²) < 4.78 is 7.51. The van der Waals surface area contributed by atoms with Crippen molar-refractivity contribution in [3.63, 3.8) is 0 Å². The number of nitrogens with zero attached hydrogens (tertiary/aromatic N) is 4. The summed E-state index contributed by atoms with van der Waals surface area (Å²) in [6, 6.07) is 13.6. The van der Waals surface area contributed by atoms with E-state index >= 15 is 0 Å². The second-order valence-electron chi connectivity index (χ2n) is 6.68. The molecule has 6 heteroatoms. The Kier molecular flexibility index (Phi) is 4.34. The Morgan fingerprint density at radius 3 is 2.42 bits per heavy atom. The van der Waals surface area contributed by atoms with E-state index in [2.05, 4.69) is 17.0 Å². The summed E-state index contributed by atoms with van der Waals surface area (Å²) >= 11 is 0. The number of hydrogen-bond donors (Lipinski definition) is 0. The van der Waals surface area contributed by atoms with Crippen LogP contribution < -0.4 is 0 Å². The van der Waals surface area contributed by atoms with Crippen molar-refractivity contribution >= 4 is 5.91 Å². The quantitative estimate of drug-likeness (QED) is 0.729. The molecule has 1 aliphatic heterocycles. The fourth-order valence-corrected chi connectivity index (χ4v) is 3.17. The molecule has 0 N–H and O–H groups in total. The van der Waals surface area contributed by atoms with Crippen molar-refractivity contribution in [3.8, 4) is 17.1 Å². The van der Waals surface area contributed by atoms with Crippen molar-refractivity contribution in [2.24, 2.45) is 0 Å². The van der Waals surface area contributed by atoms with Gasteiger partial charge in [0.2, 0.25) is 0 Å². The zero-order valence-corrected chi connectivity index (χ0v) is 15.1. The van der Waals surface area contributed by atoms with E-state index in [0.29, 0.717) is 17.0 Å². The Morgan fingerprint density at radius 1 is 1.04 bits per heavy atom. The van der Waals surface area contributed by atoms with Gasteiger partial charge in [0, 0.05) is 32.4 Å². The van der Waals surface area contributed by atoms with Gasteiger partial charge in [-0.1, -0.05) is 18.2 Å². The van der Waals surface area contributed by atoms with Gasteiger partial charge in [-0.15, -0.1) is 0 Å². The number of furan rings is 1. The Labute approximate surface area is 152 Å². The smallest absolute Gasteiger partial charge is 0.257 e. The molecule has 1 saturated heterocycles. The molecule has 134 valence electrons. The van der Waals surface area contributed by atoms with Crippen molar-refractivity contribution in [2.75, 3.05) is 33.2 Å². The number of carbonyl (C=O) groups excluding carboxylic acids is 1. The molecule has 4 rings (SSSR count). The molecule has 3 heterocycles. The minimum atomic E-state index is 0.00401. The third-order valence-corrected chi connectivity index (χ3v) is 4.73. The van der Waals surface area contributed by atoms with Gasteiger partial charge in [-0.05, 0) is 38.2 Å². The second-order valence-corrected chi connectivity index (χ2v) is 6.68. The molecular weight excluding hydrogens is 328 g/mol. The summed E-state index contributed by atoms with van der Waals surface area (Å²) in [4.78, 5) is 17.3. The lowest BCUT2D eigenvalue weighted by Crippen LogP contribution is -2.47. The van der Waals surface area contributed by atoms with Crippen molar-refractivity contribution in [1.29, 1.82) is 0 Å². The van der Waals surface area contributed by atoms with Gasteiger partial charge in [0.25, 0.3) is 5.91 Å². The van der Waals surface area contributed by atoms with Gasteiger partial charge >= 0.3 is 0 Å². The van der Waals surface area contributed by atoms with Gasteiger partial charge in [0.15, 0.2) is 5.76 Å². The Bertz CT molecular complexity index is 905. The summed E-state index contributed by atoms with van der Waals surface area (Å²) in [6.45, 7) is 5.10. The lowest BCUT2D eigenvalue weighted by Gasteiger charge is -2.32. The molecule has 1 fully saturated rings. The summed E-state index contributed by atoms with van der Waals surface area (Å²) in [7, 11) is 2.08. The number of piperazine rings is 1. The Morgan fingerprint density at radius 2 is 1.77 bits per heavy atom. The zero-order chi connectivity index (χ0) is 18.1. The minimum absolute atomic E-state index is 0.00401. The van der Waals surface area contributed by atoms with Crippen LogP contribution in [0.2, 0.25) is 0 Å². The van der Waals surface area contributed by atoms with Gasteiger partial charge in [-0.2, -0.15) is 5.10 Å². The van der Waals surface area contributed by atoms with Crippen LogP contribution in [0.15, 0.2) is 53.1 Å². The molecule has 1 aromatic carbocycles. The van der Waals surface area contributed by atoms with E-state index in [1.807, 2.05) is 60.5 Å². The molecule has 0 bridgehead atoms. The molecule has 1 amide bonds. The highest BCUT2D eigenvalue weighted by Gasteiger charge is 2.26.